The highest BCUT2D eigenvalue weighted by Crippen LogP contribution is 2.32. The van der Waals surface area contributed by atoms with E-state index in [1.54, 1.807) is 0 Å². The van der Waals surface area contributed by atoms with Crippen molar-refractivity contribution in [1.29, 1.82) is 0 Å². The van der Waals surface area contributed by atoms with Gasteiger partial charge in [0.05, 0.1) is 16.4 Å². The summed E-state index contributed by atoms with van der Waals surface area (Å²) in [6.07, 6.45) is 3.31. The zero-order valence-electron chi connectivity index (χ0n) is 14.1. The van der Waals surface area contributed by atoms with Crippen LogP contribution >= 0.6 is 11.6 Å². The number of halogens is 1. The number of nitrogens with zero attached hydrogens (tertiary/aromatic N) is 2. The lowest BCUT2D eigenvalue weighted by atomic mass is 9.80. The molecule has 0 saturated carbocycles. The largest absolute Gasteiger partial charge is 0.312 e. The molecule has 0 amide bonds. The molecule has 1 atom stereocenters. The van der Waals surface area contributed by atoms with Gasteiger partial charge in [-0.05, 0) is 46.0 Å². The van der Waals surface area contributed by atoms with E-state index in [9.17, 15) is 0 Å². The van der Waals surface area contributed by atoms with Crippen molar-refractivity contribution in [3.63, 3.8) is 0 Å². The molecule has 0 fully saturated rings. The van der Waals surface area contributed by atoms with Crippen LogP contribution in [0.1, 0.15) is 58.8 Å². The molecular formula is C16H30ClN3. The van der Waals surface area contributed by atoms with Crippen LogP contribution < -0.4 is 5.32 Å². The monoisotopic (exact) mass is 299 g/mol. The van der Waals surface area contributed by atoms with Gasteiger partial charge in [-0.2, -0.15) is 5.10 Å². The third-order valence-electron chi connectivity index (χ3n) is 3.75. The molecule has 1 unspecified atom stereocenters. The average Bonchev–Trinajstić information content (AvgIpc) is 2.53. The molecule has 0 spiro atoms. The lowest BCUT2D eigenvalue weighted by molar-refractivity contribution is 0.239. The van der Waals surface area contributed by atoms with Gasteiger partial charge in [0.1, 0.15) is 0 Å². The molecule has 0 aliphatic heterocycles. The Labute approximate surface area is 129 Å². The third-order valence-corrected chi connectivity index (χ3v) is 4.25. The second kappa shape index (κ2) is 6.48. The summed E-state index contributed by atoms with van der Waals surface area (Å²) in [5.41, 5.74) is 2.41. The van der Waals surface area contributed by atoms with Gasteiger partial charge in [0.2, 0.25) is 0 Å². The van der Waals surface area contributed by atoms with Crippen molar-refractivity contribution in [3.05, 3.63) is 16.4 Å². The van der Waals surface area contributed by atoms with Crippen LogP contribution in [-0.2, 0) is 13.5 Å². The summed E-state index contributed by atoms with van der Waals surface area (Å²) in [4.78, 5) is 0. The summed E-state index contributed by atoms with van der Waals surface area (Å²) < 4.78 is 1.93. The second-order valence-electron chi connectivity index (χ2n) is 7.31. The van der Waals surface area contributed by atoms with Crippen LogP contribution in [0.3, 0.4) is 0 Å². The Balaban J connectivity index is 2.90. The molecule has 0 aliphatic carbocycles. The molecule has 1 aromatic rings. The number of aromatic nitrogens is 2. The highest BCUT2D eigenvalue weighted by Gasteiger charge is 2.28. The Morgan fingerprint density at radius 1 is 1.25 bits per heavy atom. The van der Waals surface area contributed by atoms with E-state index in [1.807, 2.05) is 18.7 Å². The van der Waals surface area contributed by atoms with E-state index in [4.69, 9.17) is 11.6 Å². The molecule has 116 valence electrons. The van der Waals surface area contributed by atoms with Crippen molar-refractivity contribution >= 4 is 11.6 Å². The van der Waals surface area contributed by atoms with Gasteiger partial charge in [0.25, 0.3) is 0 Å². The van der Waals surface area contributed by atoms with Crippen molar-refractivity contribution < 1.29 is 0 Å². The molecule has 0 radical (unpaired) electrons. The zero-order chi connectivity index (χ0) is 15.6. The minimum Gasteiger partial charge on any atom is -0.312 e. The second-order valence-corrected chi connectivity index (χ2v) is 7.69. The van der Waals surface area contributed by atoms with Crippen LogP contribution in [0.25, 0.3) is 0 Å². The topological polar surface area (TPSA) is 29.9 Å². The normalized spacial score (nSPS) is 15.4. The Morgan fingerprint density at radius 2 is 1.85 bits per heavy atom. The number of hydrogen-bond donors (Lipinski definition) is 1. The first-order valence-electron chi connectivity index (χ1n) is 7.51. The number of nitrogens with one attached hydrogen (secondary N) is 1. The minimum absolute atomic E-state index is 0.140. The van der Waals surface area contributed by atoms with E-state index in [-0.39, 0.29) is 11.0 Å². The Morgan fingerprint density at radius 3 is 2.25 bits per heavy atom. The van der Waals surface area contributed by atoms with Crippen molar-refractivity contribution in [2.24, 2.45) is 12.5 Å². The number of aryl methyl sites for hydroxylation is 2. The summed E-state index contributed by atoms with van der Waals surface area (Å²) in [6, 6.07) is 0. The van der Waals surface area contributed by atoms with Gasteiger partial charge in [0, 0.05) is 19.1 Å². The van der Waals surface area contributed by atoms with Gasteiger partial charge >= 0.3 is 0 Å². The summed E-state index contributed by atoms with van der Waals surface area (Å²) in [5, 5.41) is 8.89. The van der Waals surface area contributed by atoms with E-state index in [2.05, 4.69) is 45.0 Å². The highest BCUT2D eigenvalue weighted by atomic mass is 35.5. The van der Waals surface area contributed by atoms with E-state index in [1.165, 1.54) is 12.8 Å². The standard InChI is InChI=1S/C16H30ClN3/c1-8-9-16(6,11-18-15(3,4)5)10-13-14(17)12(2)19-20(13)7/h18H,8-11H2,1-7H3. The van der Waals surface area contributed by atoms with Crippen molar-refractivity contribution in [3.8, 4) is 0 Å². The molecule has 0 bridgehead atoms. The highest BCUT2D eigenvalue weighted by molar-refractivity contribution is 6.31. The molecule has 0 aromatic carbocycles. The van der Waals surface area contributed by atoms with Gasteiger partial charge in [-0.3, -0.25) is 4.68 Å². The van der Waals surface area contributed by atoms with E-state index in [0.29, 0.717) is 0 Å². The fourth-order valence-electron chi connectivity index (χ4n) is 2.60. The molecule has 4 heteroatoms. The Bertz CT molecular complexity index is 445. The lowest BCUT2D eigenvalue weighted by Gasteiger charge is -2.34. The minimum atomic E-state index is 0.140. The van der Waals surface area contributed by atoms with Crippen LogP contribution in [0.15, 0.2) is 0 Å². The first kappa shape index (κ1) is 17.5. The van der Waals surface area contributed by atoms with Gasteiger partial charge in [0.15, 0.2) is 0 Å². The van der Waals surface area contributed by atoms with Crippen LogP contribution in [0.4, 0.5) is 0 Å². The number of hydrogen-bond acceptors (Lipinski definition) is 2. The van der Waals surface area contributed by atoms with Gasteiger partial charge in [-0.15, -0.1) is 0 Å². The molecule has 0 saturated heterocycles. The Hall–Kier alpha value is -0.540. The van der Waals surface area contributed by atoms with Gasteiger partial charge < -0.3 is 5.32 Å². The third kappa shape index (κ3) is 4.78. The molecular weight excluding hydrogens is 270 g/mol. The zero-order valence-corrected chi connectivity index (χ0v) is 14.9. The van der Waals surface area contributed by atoms with Crippen molar-refractivity contribution in [1.82, 2.24) is 15.1 Å². The summed E-state index contributed by atoms with van der Waals surface area (Å²) >= 11 is 6.41. The summed E-state index contributed by atoms with van der Waals surface area (Å²) in [5.74, 6) is 0. The van der Waals surface area contributed by atoms with Crippen LogP contribution in [0, 0.1) is 12.3 Å². The lowest BCUT2D eigenvalue weighted by Crippen LogP contribution is -2.44. The maximum atomic E-state index is 6.41. The fourth-order valence-corrected chi connectivity index (χ4v) is 2.82. The maximum Gasteiger partial charge on any atom is 0.0847 e. The van der Waals surface area contributed by atoms with E-state index in [0.717, 1.165) is 29.4 Å². The van der Waals surface area contributed by atoms with Gasteiger partial charge in [-0.1, -0.05) is 31.9 Å². The molecule has 1 heterocycles. The first-order valence-corrected chi connectivity index (χ1v) is 7.89. The SMILES string of the molecule is CCCC(C)(CNC(C)(C)C)Cc1c(Cl)c(C)nn1C. The average molecular weight is 300 g/mol. The molecule has 0 aliphatic rings. The van der Waals surface area contributed by atoms with Gasteiger partial charge in [-0.25, -0.2) is 0 Å². The summed E-state index contributed by atoms with van der Waals surface area (Å²) in [7, 11) is 1.98. The molecule has 20 heavy (non-hydrogen) atoms. The predicted molar refractivity (Wildman–Crippen MR) is 87.4 cm³/mol. The quantitative estimate of drug-likeness (QED) is 0.856. The number of rotatable bonds is 6. The first-order chi connectivity index (χ1) is 9.08. The Kier molecular flexibility index (Phi) is 5.68. The summed E-state index contributed by atoms with van der Waals surface area (Å²) in [6.45, 7) is 14.2. The van der Waals surface area contributed by atoms with Crippen molar-refractivity contribution in [2.45, 2.75) is 66.3 Å². The maximum absolute atomic E-state index is 6.41. The van der Waals surface area contributed by atoms with E-state index >= 15 is 0 Å². The van der Waals surface area contributed by atoms with Crippen LogP contribution in [0.5, 0.6) is 0 Å². The fraction of sp³-hybridized carbons (Fsp3) is 0.812. The van der Waals surface area contributed by atoms with E-state index < -0.39 is 0 Å². The van der Waals surface area contributed by atoms with Crippen molar-refractivity contribution in [2.75, 3.05) is 6.54 Å². The predicted octanol–water partition coefficient (Wildman–Crippen LogP) is 4.12. The molecule has 3 nitrogen and oxygen atoms in total. The smallest absolute Gasteiger partial charge is 0.0847 e. The van der Waals surface area contributed by atoms with Crippen LogP contribution in [0.2, 0.25) is 5.02 Å². The molecule has 1 N–H and O–H groups in total. The van der Waals surface area contributed by atoms with Crippen LogP contribution in [-0.4, -0.2) is 21.9 Å². The molecule has 1 aromatic heterocycles. The molecule has 1 rings (SSSR count).